The molecule has 2 aromatic rings. The van der Waals surface area contributed by atoms with Crippen molar-refractivity contribution in [1.29, 1.82) is 0 Å². The van der Waals surface area contributed by atoms with Crippen molar-refractivity contribution in [3.63, 3.8) is 0 Å². The summed E-state index contributed by atoms with van der Waals surface area (Å²) in [7, 11) is 0. The van der Waals surface area contributed by atoms with E-state index in [0.717, 1.165) is 10.6 Å². The summed E-state index contributed by atoms with van der Waals surface area (Å²) in [5, 5.41) is 12.4. The molecule has 0 spiro atoms. The Hall–Kier alpha value is -1.72. The minimum absolute atomic E-state index is 0.0337. The van der Waals surface area contributed by atoms with Crippen molar-refractivity contribution in [3.05, 3.63) is 40.4 Å². The summed E-state index contributed by atoms with van der Waals surface area (Å²) < 4.78 is 0. The molecule has 122 valence electrons. The molecule has 0 aliphatic carbocycles. The van der Waals surface area contributed by atoms with Crippen LogP contribution < -0.4 is 0 Å². The Balaban J connectivity index is 2.06. The van der Waals surface area contributed by atoms with E-state index < -0.39 is 11.9 Å². The van der Waals surface area contributed by atoms with Crippen molar-refractivity contribution in [1.82, 2.24) is 4.98 Å². The number of hydrogen-bond donors (Lipinski definition) is 1. The molecule has 1 aromatic carbocycles. The molecule has 23 heavy (non-hydrogen) atoms. The first-order valence-corrected chi connectivity index (χ1v) is 8.58. The number of halogens is 1. The average molecular weight is 352 g/mol. The van der Waals surface area contributed by atoms with Crippen molar-refractivity contribution in [2.45, 2.75) is 26.7 Å². The number of nitrogens with zero attached hydrogens (tertiary/aromatic N) is 1. The molecule has 6 heteroatoms. The zero-order valence-electron chi connectivity index (χ0n) is 13.0. The second kappa shape index (κ2) is 7.70. The van der Waals surface area contributed by atoms with Crippen LogP contribution in [0.4, 0.5) is 0 Å². The molecule has 1 aromatic heterocycles. The van der Waals surface area contributed by atoms with E-state index in [0.29, 0.717) is 10.7 Å². The Morgan fingerprint density at radius 2 is 2.00 bits per heavy atom. The largest absolute Gasteiger partial charge is 0.481 e. The second-order valence-electron chi connectivity index (χ2n) is 5.73. The van der Waals surface area contributed by atoms with Crippen LogP contribution in [-0.2, 0) is 16.0 Å². The third-order valence-corrected chi connectivity index (χ3v) is 4.86. The number of carbonyl (C=O) groups excluding carboxylic acids is 1. The summed E-state index contributed by atoms with van der Waals surface area (Å²) in [5.41, 5.74) is 1.49. The fourth-order valence-corrected chi connectivity index (χ4v) is 3.41. The van der Waals surface area contributed by atoms with Gasteiger partial charge in [0.15, 0.2) is 0 Å². The first kappa shape index (κ1) is 17.6. The Labute approximate surface area is 144 Å². The normalized spacial score (nSPS) is 12.3. The molecular formula is C17H18ClNO3S. The van der Waals surface area contributed by atoms with Gasteiger partial charge in [-0.1, -0.05) is 43.6 Å². The number of carbonyl (C=O) groups is 2. The van der Waals surface area contributed by atoms with Crippen LogP contribution in [-0.4, -0.2) is 21.8 Å². The summed E-state index contributed by atoms with van der Waals surface area (Å²) >= 11 is 7.57. The Morgan fingerprint density at radius 1 is 1.30 bits per heavy atom. The molecular weight excluding hydrogens is 334 g/mol. The van der Waals surface area contributed by atoms with Crippen molar-refractivity contribution in [2.24, 2.45) is 11.8 Å². The van der Waals surface area contributed by atoms with E-state index in [1.54, 1.807) is 6.07 Å². The van der Waals surface area contributed by atoms with E-state index in [4.69, 9.17) is 16.7 Å². The monoisotopic (exact) mass is 351 g/mol. The van der Waals surface area contributed by atoms with Gasteiger partial charge < -0.3 is 5.11 Å². The van der Waals surface area contributed by atoms with E-state index in [-0.39, 0.29) is 24.5 Å². The molecule has 1 heterocycles. The molecule has 0 radical (unpaired) electrons. The van der Waals surface area contributed by atoms with Crippen LogP contribution in [0.1, 0.15) is 26.0 Å². The number of carboxylic acids is 1. The topological polar surface area (TPSA) is 67.3 Å². The molecule has 0 saturated heterocycles. The summed E-state index contributed by atoms with van der Waals surface area (Å²) in [6.07, 6.45) is 0.184. The summed E-state index contributed by atoms with van der Waals surface area (Å²) in [6, 6.07) is 7.41. The number of thiazole rings is 1. The molecule has 0 amide bonds. The molecule has 0 saturated carbocycles. The predicted octanol–water partition coefficient (Wildman–Crippen LogP) is 4.32. The number of aliphatic carboxylic acids is 1. The second-order valence-corrected chi connectivity index (χ2v) is 7.00. The maximum atomic E-state index is 12.1. The highest BCUT2D eigenvalue weighted by Crippen LogP contribution is 2.30. The minimum Gasteiger partial charge on any atom is -0.481 e. The van der Waals surface area contributed by atoms with E-state index in [1.807, 2.05) is 37.4 Å². The van der Waals surface area contributed by atoms with Gasteiger partial charge in [-0.2, -0.15) is 0 Å². The fraction of sp³-hybridized carbons (Fsp3) is 0.353. The number of ketones is 1. The van der Waals surface area contributed by atoms with Gasteiger partial charge in [0, 0.05) is 23.8 Å². The Morgan fingerprint density at radius 3 is 2.61 bits per heavy atom. The van der Waals surface area contributed by atoms with Crippen LogP contribution in [0.3, 0.4) is 0 Å². The Kier molecular flexibility index (Phi) is 5.91. The third kappa shape index (κ3) is 4.62. The minimum atomic E-state index is -0.927. The van der Waals surface area contributed by atoms with Crippen LogP contribution in [0.15, 0.2) is 29.6 Å². The fourth-order valence-electron chi connectivity index (χ4n) is 2.27. The van der Waals surface area contributed by atoms with Gasteiger partial charge in [0.2, 0.25) is 0 Å². The van der Waals surface area contributed by atoms with Gasteiger partial charge in [-0.3, -0.25) is 9.59 Å². The van der Waals surface area contributed by atoms with Crippen molar-refractivity contribution < 1.29 is 14.7 Å². The van der Waals surface area contributed by atoms with Gasteiger partial charge in [0.25, 0.3) is 0 Å². The lowest BCUT2D eigenvalue weighted by Crippen LogP contribution is -2.23. The van der Waals surface area contributed by atoms with Gasteiger partial charge in [0.1, 0.15) is 10.8 Å². The van der Waals surface area contributed by atoms with Crippen LogP contribution in [0, 0.1) is 11.8 Å². The van der Waals surface area contributed by atoms with E-state index in [2.05, 4.69) is 4.98 Å². The highest BCUT2D eigenvalue weighted by molar-refractivity contribution is 7.13. The van der Waals surface area contributed by atoms with Crippen LogP contribution >= 0.6 is 22.9 Å². The van der Waals surface area contributed by atoms with Crippen LogP contribution in [0.5, 0.6) is 0 Å². The van der Waals surface area contributed by atoms with Crippen molar-refractivity contribution in [3.8, 4) is 10.6 Å². The Bertz CT molecular complexity index is 711. The lowest BCUT2D eigenvalue weighted by atomic mass is 9.90. The van der Waals surface area contributed by atoms with Crippen LogP contribution in [0.25, 0.3) is 10.6 Å². The summed E-state index contributed by atoms with van der Waals surface area (Å²) in [5.74, 6) is -1.76. The SMILES string of the molecule is CC(C)[C@@H](CC(=O)Cc1csc(-c2ccccc2Cl)n1)C(=O)O. The van der Waals surface area contributed by atoms with Crippen LogP contribution in [0.2, 0.25) is 5.02 Å². The number of Topliss-reactive ketones (excluding diaryl/α,β-unsaturated/α-hetero) is 1. The molecule has 2 rings (SSSR count). The lowest BCUT2D eigenvalue weighted by Gasteiger charge is -2.14. The third-order valence-electron chi connectivity index (χ3n) is 3.60. The highest BCUT2D eigenvalue weighted by Gasteiger charge is 2.24. The molecule has 4 nitrogen and oxygen atoms in total. The maximum absolute atomic E-state index is 12.1. The van der Waals surface area contributed by atoms with Gasteiger partial charge >= 0.3 is 5.97 Å². The van der Waals surface area contributed by atoms with Crippen molar-refractivity contribution >= 4 is 34.7 Å². The molecule has 1 N–H and O–H groups in total. The van der Waals surface area contributed by atoms with E-state index in [1.165, 1.54) is 11.3 Å². The number of benzene rings is 1. The summed E-state index contributed by atoms with van der Waals surface area (Å²) in [6.45, 7) is 3.62. The smallest absolute Gasteiger partial charge is 0.307 e. The number of hydrogen-bond acceptors (Lipinski definition) is 4. The number of rotatable bonds is 7. The average Bonchev–Trinajstić information content (AvgIpc) is 2.92. The maximum Gasteiger partial charge on any atom is 0.307 e. The van der Waals surface area contributed by atoms with E-state index >= 15 is 0 Å². The highest BCUT2D eigenvalue weighted by atomic mass is 35.5. The van der Waals surface area contributed by atoms with Gasteiger partial charge in [-0.15, -0.1) is 11.3 Å². The molecule has 0 fully saturated rings. The summed E-state index contributed by atoms with van der Waals surface area (Å²) in [4.78, 5) is 27.7. The molecule has 0 aliphatic rings. The van der Waals surface area contributed by atoms with Gasteiger partial charge in [-0.25, -0.2) is 4.98 Å². The number of carboxylic acid groups (broad SMARTS) is 1. The molecule has 1 atom stereocenters. The van der Waals surface area contributed by atoms with Gasteiger partial charge in [-0.05, 0) is 12.0 Å². The van der Waals surface area contributed by atoms with Gasteiger partial charge in [0.05, 0.1) is 16.6 Å². The zero-order valence-corrected chi connectivity index (χ0v) is 14.5. The first-order valence-electron chi connectivity index (χ1n) is 7.32. The van der Waals surface area contributed by atoms with E-state index in [9.17, 15) is 9.59 Å². The predicted molar refractivity (Wildman–Crippen MR) is 91.9 cm³/mol. The van der Waals surface area contributed by atoms with Crippen molar-refractivity contribution in [2.75, 3.05) is 0 Å². The quantitative estimate of drug-likeness (QED) is 0.806. The number of aromatic nitrogens is 1. The zero-order chi connectivity index (χ0) is 17.0. The molecule has 0 aliphatic heterocycles. The standard InChI is InChI=1S/C17H18ClNO3S/c1-10(2)14(17(21)22)8-12(20)7-11-9-23-16(19-11)13-5-3-4-6-15(13)18/h3-6,9-10,14H,7-8H2,1-2H3,(H,21,22)/t14-/m1/s1. The molecule has 0 bridgehead atoms. The first-order chi connectivity index (χ1) is 10.9. The molecule has 0 unspecified atom stereocenters. The lowest BCUT2D eigenvalue weighted by molar-refractivity contribution is -0.145.